The number of nitrogens with zero attached hydrogens (tertiary/aromatic N) is 1. The molecule has 1 aliphatic rings. The molecule has 0 saturated carbocycles. The van der Waals surface area contributed by atoms with Gasteiger partial charge in [0.2, 0.25) is 0 Å². The molecular formula is C14H17NO. The Kier molecular flexibility index (Phi) is 2.98. The Balaban J connectivity index is 2.37. The Morgan fingerprint density at radius 2 is 1.88 bits per heavy atom. The van der Waals surface area contributed by atoms with Gasteiger partial charge in [-0.2, -0.15) is 5.26 Å². The van der Waals surface area contributed by atoms with Gasteiger partial charge in [0.25, 0.3) is 0 Å². The summed E-state index contributed by atoms with van der Waals surface area (Å²) in [4.78, 5) is 0. The van der Waals surface area contributed by atoms with Crippen LogP contribution in [0.25, 0.3) is 0 Å². The molecule has 0 aromatic heterocycles. The van der Waals surface area contributed by atoms with Crippen LogP contribution >= 0.6 is 0 Å². The van der Waals surface area contributed by atoms with Crippen LogP contribution in [-0.4, -0.2) is 13.2 Å². The lowest BCUT2D eigenvalue weighted by atomic mass is 9.65. The van der Waals surface area contributed by atoms with Crippen LogP contribution in [0.15, 0.2) is 30.3 Å². The largest absolute Gasteiger partial charge is 0.379 e. The van der Waals surface area contributed by atoms with E-state index in [1.54, 1.807) is 0 Å². The van der Waals surface area contributed by atoms with Crippen LogP contribution in [0.1, 0.15) is 19.4 Å². The molecule has 0 radical (unpaired) electrons. The van der Waals surface area contributed by atoms with E-state index in [1.807, 2.05) is 18.2 Å². The van der Waals surface area contributed by atoms with Gasteiger partial charge in [0, 0.05) is 0 Å². The monoisotopic (exact) mass is 215 g/mol. The fourth-order valence-electron chi connectivity index (χ4n) is 2.53. The van der Waals surface area contributed by atoms with Crippen LogP contribution in [0.2, 0.25) is 0 Å². The first-order chi connectivity index (χ1) is 7.70. The highest BCUT2D eigenvalue weighted by molar-refractivity contribution is 5.31. The van der Waals surface area contributed by atoms with Crippen molar-refractivity contribution in [2.75, 3.05) is 13.2 Å². The summed E-state index contributed by atoms with van der Waals surface area (Å²) in [7, 11) is 0. The van der Waals surface area contributed by atoms with Gasteiger partial charge in [-0.05, 0) is 11.5 Å². The van der Waals surface area contributed by atoms with Gasteiger partial charge in [0.1, 0.15) is 0 Å². The van der Waals surface area contributed by atoms with E-state index in [0.29, 0.717) is 19.1 Å². The fourth-order valence-corrected chi connectivity index (χ4v) is 2.53. The molecule has 1 aliphatic heterocycles. The van der Waals surface area contributed by atoms with Crippen LogP contribution in [0, 0.1) is 23.2 Å². The summed E-state index contributed by atoms with van der Waals surface area (Å²) in [6.45, 7) is 5.56. The predicted octanol–water partition coefficient (Wildman–Crippen LogP) is 2.75. The summed E-state index contributed by atoms with van der Waals surface area (Å²) in [6, 6.07) is 12.7. The predicted molar refractivity (Wildman–Crippen MR) is 62.9 cm³/mol. The Hall–Kier alpha value is -1.33. The fraction of sp³-hybridized carbons (Fsp3) is 0.500. The van der Waals surface area contributed by atoms with Crippen LogP contribution in [-0.2, 0) is 10.2 Å². The first kappa shape index (κ1) is 11.2. The molecule has 0 N–H and O–H groups in total. The number of benzene rings is 1. The van der Waals surface area contributed by atoms with Crippen molar-refractivity contribution in [2.45, 2.75) is 19.3 Å². The van der Waals surface area contributed by atoms with Gasteiger partial charge < -0.3 is 4.74 Å². The molecule has 84 valence electrons. The molecule has 0 amide bonds. The van der Waals surface area contributed by atoms with E-state index in [2.05, 4.69) is 32.0 Å². The van der Waals surface area contributed by atoms with Crippen molar-refractivity contribution >= 4 is 0 Å². The van der Waals surface area contributed by atoms with Gasteiger partial charge in [-0.3, -0.25) is 0 Å². The second-order valence-electron chi connectivity index (χ2n) is 4.87. The molecule has 2 nitrogen and oxygen atoms in total. The summed E-state index contributed by atoms with van der Waals surface area (Å²) in [5.74, 6) is 0.387. The average molecular weight is 215 g/mol. The topological polar surface area (TPSA) is 33.0 Å². The van der Waals surface area contributed by atoms with Crippen LogP contribution in [0.4, 0.5) is 0 Å². The zero-order valence-electron chi connectivity index (χ0n) is 9.81. The number of hydrogen-bond donors (Lipinski definition) is 0. The molecule has 0 aliphatic carbocycles. The molecular weight excluding hydrogens is 198 g/mol. The first-order valence-corrected chi connectivity index (χ1v) is 5.73. The summed E-state index contributed by atoms with van der Waals surface area (Å²) in [6.07, 6.45) is 0. The van der Waals surface area contributed by atoms with Gasteiger partial charge in [0.15, 0.2) is 0 Å². The molecule has 1 heterocycles. The normalized spacial score (nSPS) is 19.9. The molecule has 1 saturated heterocycles. The maximum absolute atomic E-state index is 9.35. The van der Waals surface area contributed by atoms with Gasteiger partial charge in [-0.25, -0.2) is 0 Å². The van der Waals surface area contributed by atoms with E-state index in [0.717, 1.165) is 0 Å². The van der Waals surface area contributed by atoms with Gasteiger partial charge in [-0.1, -0.05) is 44.2 Å². The highest BCUT2D eigenvalue weighted by Gasteiger charge is 2.48. The lowest BCUT2D eigenvalue weighted by Gasteiger charge is -2.46. The van der Waals surface area contributed by atoms with Crippen molar-refractivity contribution < 1.29 is 4.74 Å². The van der Waals surface area contributed by atoms with Crippen molar-refractivity contribution in [1.82, 2.24) is 0 Å². The van der Waals surface area contributed by atoms with Crippen LogP contribution in [0.5, 0.6) is 0 Å². The molecule has 1 atom stereocenters. The summed E-state index contributed by atoms with van der Waals surface area (Å²) in [5.41, 5.74) is 1.16. The van der Waals surface area contributed by atoms with E-state index in [-0.39, 0.29) is 11.3 Å². The van der Waals surface area contributed by atoms with E-state index in [4.69, 9.17) is 4.74 Å². The van der Waals surface area contributed by atoms with Crippen molar-refractivity contribution in [3.05, 3.63) is 35.9 Å². The Morgan fingerprint density at radius 3 is 2.25 bits per heavy atom. The highest BCUT2D eigenvalue weighted by Crippen LogP contribution is 2.42. The minimum Gasteiger partial charge on any atom is -0.379 e. The van der Waals surface area contributed by atoms with Crippen molar-refractivity contribution in [1.29, 1.82) is 5.26 Å². The van der Waals surface area contributed by atoms with Gasteiger partial charge >= 0.3 is 0 Å². The third kappa shape index (κ3) is 1.62. The second kappa shape index (κ2) is 4.27. The molecule has 1 fully saturated rings. The number of rotatable bonds is 3. The maximum Gasteiger partial charge on any atom is 0.0669 e. The molecule has 0 bridgehead atoms. The summed E-state index contributed by atoms with van der Waals surface area (Å²) < 4.78 is 5.37. The van der Waals surface area contributed by atoms with E-state index < -0.39 is 0 Å². The number of hydrogen-bond acceptors (Lipinski definition) is 2. The number of ether oxygens (including phenoxy) is 1. The standard InChI is InChI=1S/C14H17NO/c1-11(2)13(8-15)14(9-16-10-14)12-6-4-3-5-7-12/h3-7,11,13H,9-10H2,1-2H3. The van der Waals surface area contributed by atoms with Gasteiger partial charge in [-0.15, -0.1) is 0 Å². The molecule has 0 spiro atoms. The second-order valence-corrected chi connectivity index (χ2v) is 4.87. The molecule has 2 heteroatoms. The smallest absolute Gasteiger partial charge is 0.0669 e. The lowest BCUT2D eigenvalue weighted by molar-refractivity contribution is -0.0876. The number of nitriles is 1. The molecule has 2 rings (SSSR count). The summed E-state index contributed by atoms with van der Waals surface area (Å²) in [5, 5.41) is 9.35. The molecule has 16 heavy (non-hydrogen) atoms. The van der Waals surface area contributed by atoms with E-state index in [1.165, 1.54) is 5.56 Å². The first-order valence-electron chi connectivity index (χ1n) is 5.73. The van der Waals surface area contributed by atoms with Gasteiger partial charge in [0.05, 0.1) is 30.6 Å². The maximum atomic E-state index is 9.35. The van der Waals surface area contributed by atoms with Crippen molar-refractivity contribution in [2.24, 2.45) is 11.8 Å². The third-order valence-electron chi connectivity index (χ3n) is 3.47. The Bertz CT molecular complexity index is 387. The lowest BCUT2D eigenvalue weighted by Crippen LogP contribution is -2.53. The molecule has 1 aromatic rings. The minimum atomic E-state index is -0.0792. The molecule has 1 aromatic carbocycles. The zero-order chi connectivity index (χ0) is 11.6. The van der Waals surface area contributed by atoms with Crippen molar-refractivity contribution in [3.8, 4) is 6.07 Å². The SMILES string of the molecule is CC(C)C(C#N)C1(c2ccccc2)COC1. The third-order valence-corrected chi connectivity index (χ3v) is 3.47. The van der Waals surface area contributed by atoms with E-state index in [9.17, 15) is 5.26 Å². The molecule has 1 unspecified atom stereocenters. The van der Waals surface area contributed by atoms with Crippen LogP contribution < -0.4 is 0 Å². The Labute approximate surface area is 96.9 Å². The average Bonchev–Trinajstić information content (AvgIpc) is 2.23. The van der Waals surface area contributed by atoms with Crippen LogP contribution in [0.3, 0.4) is 0 Å². The zero-order valence-corrected chi connectivity index (χ0v) is 9.81. The minimum absolute atomic E-state index is 0.0312. The van der Waals surface area contributed by atoms with Crippen molar-refractivity contribution in [3.63, 3.8) is 0 Å². The quantitative estimate of drug-likeness (QED) is 0.776. The Morgan fingerprint density at radius 1 is 1.25 bits per heavy atom. The summed E-state index contributed by atoms with van der Waals surface area (Å²) >= 11 is 0. The van der Waals surface area contributed by atoms with E-state index >= 15 is 0 Å². The highest BCUT2D eigenvalue weighted by atomic mass is 16.5.